The summed E-state index contributed by atoms with van der Waals surface area (Å²) in [5.74, 6) is -0.147. The van der Waals surface area contributed by atoms with Crippen molar-refractivity contribution in [3.63, 3.8) is 0 Å². The molecule has 1 atom stereocenters. The summed E-state index contributed by atoms with van der Waals surface area (Å²) in [6, 6.07) is 7.49. The number of anilines is 2. The van der Waals surface area contributed by atoms with Crippen molar-refractivity contribution in [1.29, 1.82) is 0 Å². The highest BCUT2D eigenvalue weighted by Gasteiger charge is 2.26. The van der Waals surface area contributed by atoms with Crippen LogP contribution in [-0.2, 0) is 9.47 Å². The van der Waals surface area contributed by atoms with Gasteiger partial charge in [-0.2, -0.15) is 5.10 Å². The van der Waals surface area contributed by atoms with Crippen LogP contribution in [0, 0.1) is 6.92 Å². The number of nitrogens with zero attached hydrogens (tertiary/aromatic N) is 5. The van der Waals surface area contributed by atoms with Crippen LogP contribution in [0.4, 0.5) is 11.5 Å². The van der Waals surface area contributed by atoms with Crippen LogP contribution in [0.5, 0.6) is 0 Å². The number of benzene rings is 1. The average Bonchev–Trinajstić information content (AvgIpc) is 3.30. The van der Waals surface area contributed by atoms with Crippen molar-refractivity contribution in [1.82, 2.24) is 24.7 Å². The van der Waals surface area contributed by atoms with Gasteiger partial charge < -0.3 is 20.9 Å². The largest absolute Gasteiger partial charge is 0.461 e. The molecule has 180 valence electrons. The topological polar surface area (TPSA) is 144 Å². The van der Waals surface area contributed by atoms with Gasteiger partial charge in [-0.1, -0.05) is 6.07 Å². The van der Waals surface area contributed by atoms with Crippen molar-refractivity contribution in [3.8, 4) is 22.6 Å². The van der Waals surface area contributed by atoms with Gasteiger partial charge in [0.15, 0.2) is 17.7 Å². The zero-order valence-corrected chi connectivity index (χ0v) is 19.7. The minimum atomic E-state index is -0.631. The number of carbonyl (C=O) groups is 1. The summed E-state index contributed by atoms with van der Waals surface area (Å²) in [5.41, 5.74) is 16.2. The number of esters is 1. The molecule has 0 saturated carbocycles. The molecule has 0 aliphatic carbocycles. The first-order chi connectivity index (χ1) is 17.0. The minimum Gasteiger partial charge on any atom is -0.461 e. The lowest BCUT2D eigenvalue weighted by atomic mass is 9.99. The molecule has 1 fully saturated rings. The van der Waals surface area contributed by atoms with Gasteiger partial charge in [-0.15, -0.1) is 0 Å². The molecule has 1 aliphatic rings. The first kappa shape index (κ1) is 22.7. The van der Waals surface area contributed by atoms with Crippen molar-refractivity contribution >= 4 is 28.4 Å². The van der Waals surface area contributed by atoms with Crippen LogP contribution in [0.3, 0.4) is 0 Å². The molecular formula is C25H27N7O3. The Labute approximate surface area is 202 Å². The summed E-state index contributed by atoms with van der Waals surface area (Å²) in [6.07, 6.45) is 6.28. The second kappa shape index (κ2) is 9.30. The SMILES string of the molecule is CCOC(=O)c1nc(-c2cccnc2N)nc(-c2c(C)ccc3c2cnn3C2CCCCO2)c1N. The number of aryl methyl sites for hydroxylation is 1. The van der Waals surface area contributed by atoms with Crippen molar-refractivity contribution < 1.29 is 14.3 Å². The first-order valence-corrected chi connectivity index (χ1v) is 11.6. The Hall–Kier alpha value is -4.05. The number of rotatable bonds is 5. The van der Waals surface area contributed by atoms with Gasteiger partial charge in [0.25, 0.3) is 0 Å². The Balaban J connectivity index is 1.75. The highest BCUT2D eigenvalue weighted by Crippen LogP contribution is 2.38. The maximum atomic E-state index is 12.8. The Morgan fingerprint density at radius 1 is 1.23 bits per heavy atom. The predicted molar refractivity (Wildman–Crippen MR) is 132 cm³/mol. The summed E-state index contributed by atoms with van der Waals surface area (Å²) >= 11 is 0. The Bertz CT molecular complexity index is 1410. The molecule has 5 rings (SSSR count). The van der Waals surface area contributed by atoms with Gasteiger partial charge in [-0.25, -0.2) is 24.4 Å². The van der Waals surface area contributed by atoms with E-state index < -0.39 is 5.97 Å². The summed E-state index contributed by atoms with van der Waals surface area (Å²) in [6.45, 7) is 4.59. The van der Waals surface area contributed by atoms with Crippen molar-refractivity contribution in [2.45, 2.75) is 39.3 Å². The molecule has 0 amide bonds. The second-order valence-electron chi connectivity index (χ2n) is 8.42. The smallest absolute Gasteiger partial charge is 0.359 e. The van der Waals surface area contributed by atoms with Crippen molar-refractivity contribution in [3.05, 3.63) is 47.9 Å². The quantitative estimate of drug-likeness (QED) is 0.412. The zero-order chi connectivity index (χ0) is 24.5. The van der Waals surface area contributed by atoms with Crippen LogP contribution < -0.4 is 11.5 Å². The zero-order valence-electron chi connectivity index (χ0n) is 19.7. The third-order valence-corrected chi connectivity index (χ3v) is 6.15. The van der Waals surface area contributed by atoms with Crippen molar-refractivity contribution in [2.24, 2.45) is 0 Å². The molecule has 1 aromatic carbocycles. The summed E-state index contributed by atoms with van der Waals surface area (Å²) < 4.78 is 13.1. The summed E-state index contributed by atoms with van der Waals surface area (Å²) in [4.78, 5) is 26.1. The fourth-order valence-corrected chi connectivity index (χ4v) is 4.43. The van der Waals surface area contributed by atoms with Gasteiger partial charge in [0.2, 0.25) is 0 Å². The van der Waals surface area contributed by atoms with Gasteiger partial charge >= 0.3 is 5.97 Å². The van der Waals surface area contributed by atoms with E-state index in [9.17, 15) is 4.79 Å². The normalized spacial score (nSPS) is 15.9. The molecule has 4 aromatic rings. The number of hydrogen-bond donors (Lipinski definition) is 2. The lowest BCUT2D eigenvalue weighted by molar-refractivity contribution is -0.0366. The number of nitrogens with two attached hydrogens (primary N) is 2. The highest BCUT2D eigenvalue weighted by molar-refractivity contribution is 6.03. The summed E-state index contributed by atoms with van der Waals surface area (Å²) in [7, 11) is 0. The molecule has 35 heavy (non-hydrogen) atoms. The van der Waals surface area contributed by atoms with Crippen LogP contribution in [0.25, 0.3) is 33.5 Å². The maximum absolute atomic E-state index is 12.8. The van der Waals surface area contributed by atoms with E-state index in [0.717, 1.165) is 41.3 Å². The van der Waals surface area contributed by atoms with E-state index in [1.807, 2.05) is 23.7 Å². The van der Waals surface area contributed by atoms with Crippen LogP contribution >= 0.6 is 0 Å². The molecule has 0 radical (unpaired) electrons. The van der Waals surface area contributed by atoms with Gasteiger partial charge in [0.05, 0.1) is 35.3 Å². The third kappa shape index (κ3) is 4.06. The van der Waals surface area contributed by atoms with E-state index in [2.05, 4.69) is 15.1 Å². The predicted octanol–water partition coefficient (Wildman–Crippen LogP) is 3.90. The van der Waals surface area contributed by atoms with Gasteiger partial charge in [-0.05, 0) is 56.9 Å². The van der Waals surface area contributed by atoms with E-state index >= 15 is 0 Å². The number of pyridine rings is 1. The fraction of sp³-hybridized carbons (Fsp3) is 0.320. The van der Waals surface area contributed by atoms with E-state index in [4.69, 9.17) is 25.9 Å². The summed E-state index contributed by atoms with van der Waals surface area (Å²) in [5, 5.41) is 5.49. The number of nitrogen functional groups attached to an aromatic ring is 2. The Morgan fingerprint density at radius 3 is 2.83 bits per heavy atom. The van der Waals surface area contributed by atoms with Gasteiger partial charge in [0, 0.05) is 23.8 Å². The molecule has 0 bridgehead atoms. The molecule has 1 unspecified atom stereocenters. The van der Waals surface area contributed by atoms with Crippen LogP contribution in [0.2, 0.25) is 0 Å². The second-order valence-corrected chi connectivity index (χ2v) is 8.42. The number of hydrogen-bond acceptors (Lipinski definition) is 9. The standard InChI is InChI=1S/C25H27N7O3/c1-3-34-25(33)22-20(26)21(30-24(31-22)15-7-6-11-28-23(15)27)19-14(2)9-10-17-16(19)13-29-32(17)18-8-4-5-12-35-18/h6-7,9-11,13,18H,3-5,8,12,26H2,1-2H3,(H2,27,28). The number of fused-ring (bicyclic) bond motifs is 1. The molecule has 1 aliphatic heterocycles. The molecule has 0 spiro atoms. The third-order valence-electron chi connectivity index (χ3n) is 6.15. The van der Waals surface area contributed by atoms with Crippen molar-refractivity contribution in [2.75, 3.05) is 24.7 Å². The van der Waals surface area contributed by atoms with Crippen LogP contribution in [0.1, 0.15) is 48.5 Å². The molecule has 10 heteroatoms. The maximum Gasteiger partial charge on any atom is 0.359 e. The molecule has 10 nitrogen and oxygen atoms in total. The molecule has 4 heterocycles. The number of carbonyl (C=O) groups excluding carboxylic acids is 1. The number of aromatic nitrogens is 5. The lowest BCUT2D eigenvalue weighted by Gasteiger charge is -2.23. The first-order valence-electron chi connectivity index (χ1n) is 11.6. The monoisotopic (exact) mass is 473 g/mol. The van der Waals surface area contributed by atoms with Gasteiger partial charge in [0.1, 0.15) is 5.82 Å². The molecule has 1 saturated heterocycles. The van der Waals surface area contributed by atoms with E-state index in [-0.39, 0.29) is 35.9 Å². The Morgan fingerprint density at radius 2 is 2.09 bits per heavy atom. The molecular weight excluding hydrogens is 446 g/mol. The minimum absolute atomic E-state index is 0.0190. The average molecular weight is 474 g/mol. The fourth-order valence-electron chi connectivity index (χ4n) is 4.43. The number of ether oxygens (including phenoxy) is 2. The van der Waals surface area contributed by atoms with Gasteiger partial charge in [-0.3, -0.25) is 0 Å². The van der Waals surface area contributed by atoms with E-state index in [1.54, 1.807) is 31.5 Å². The van der Waals surface area contributed by atoms with Crippen LogP contribution in [0.15, 0.2) is 36.7 Å². The molecule has 4 N–H and O–H groups in total. The van der Waals surface area contributed by atoms with E-state index in [1.165, 1.54) is 0 Å². The lowest BCUT2D eigenvalue weighted by Crippen LogP contribution is -2.19. The van der Waals surface area contributed by atoms with E-state index in [0.29, 0.717) is 17.9 Å². The Kier molecular flexibility index (Phi) is 6.04. The van der Waals surface area contributed by atoms with Crippen LogP contribution in [-0.4, -0.2) is 43.9 Å². The molecule has 3 aromatic heterocycles. The highest BCUT2D eigenvalue weighted by atomic mass is 16.5.